The van der Waals surface area contributed by atoms with Crippen molar-refractivity contribution in [3.63, 3.8) is 0 Å². The molecule has 0 aliphatic carbocycles. The first kappa shape index (κ1) is 13.8. The minimum atomic E-state index is -0.760. The molecule has 2 aromatic rings. The van der Waals surface area contributed by atoms with E-state index in [9.17, 15) is 4.21 Å². The molecule has 1 heterocycles. The SMILES string of the molecule is CC(CCNc1nc2cc(Cl)ccc2s1)S(C)=O. The van der Waals surface area contributed by atoms with Gasteiger partial charge in [0.05, 0.1) is 10.2 Å². The van der Waals surface area contributed by atoms with Crippen molar-refractivity contribution in [3.05, 3.63) is 23.2 Å². The number of benzene rings is 1. The second-order valence-corrected chi connectivity index (χ2v) is 7.42. The van der Waals surface area contributed by atoms with Gasteiger partial charge >= 0.3 is 0 Å². The maximum Gasteiger partial charge on any atom is 0.183 e. The Morgan fingerprint density at radius 3 is 3.06 bits per heavy atom. The highest BCUT2D eigenvalue weighted by Crippen LogP contribution is 2.27. The molecular weight excluding hydrogens is 288 g/mol. The van der Waals surface area contributed by atoms with Gasteiger partial charge in [-0.1, -0.05) is 29.9 Å². The number of nitrogens with zero attached hydrogens (tertiary/aromatic N) is 1. The van der Waals surface area contributed by atoms with E-state index >= 15 is 0 Å². The molecule has 98 valence electrons. The second-order valence-electron chi connectivity index (χ2n) is 4.16. The highest BCUT2D eigenvalue weighted by atomic mass is 35.5. The molecule has 1 N–H and O–H groups in total. The summed E-state index contributed by atoms with van der Waals surface area (Å²) in [5, 5.41) is 5.07. The summed E-state index contributed by atoms with van der Waals surface area (Å²) in [6, 6.07) is 5.71. The Bertz CT molecular complexity index is 570. The van der Waals surface area contributed by atoms with Gasteiger partial charge in [-0.3, -0.25) is 4.21 Å². The molecule has 0 radical (unpaired) electrons. The van der Waals surface area contributed by atoms with E-state index in [2.05, 4.69) is 10.3 Å². The first-order valence-corrected chi connectivity index (χ1v) is 8.50. The van der Waals surface area contributed by atoms with Gasteiger partial charge < -0.3 is 5.32 Å². The smallest absolute Gasteiger partial charge is 0.183 e. The Labute approximate surface area is 118 Å². The lowest BCUT2D eigenvalue weighted by Crippen LogP contribution is -2.14. The third kappa shape index (κ3) is 3.43. The highest BCUT2D eigenvalue weighted by molar-refractivity contribution is 7.84. The summed E-state index contributed by atoms with van der Waals surface area (Å²) in [6.45, 7) is 2.78. The van der Waals surface area contributed by atoms with Crippen LogP contribution in [-0.2, 0) is 10.8 Å². The maximum atomic E-state index is 11.2. The minimum absolute atomic E-state index is 0.210. The van der Waals surface area contributed by atoms with Crippen molar-refractivity contribution in [1.29, 1.82) is 0 Å². The van der Waals surface area contributed by atoms with E-state index in [0.717, 1.165) is 28.3 Å². The third-order valence-corrected chi connectivity index (χ3v) is 5.34. The standard InChI is InChI=1S/C12H15ClN2OS2/c1-8(18(2)16)5-6-14-12-15-10-7-9(13)3-4-11(10)17-12/h3-4,7-8H,5-6H2,1-2H3,(H,14,15). The Balaban J connectivity index is 1.98. The van der Waals surface area contributed by atoms with Crippen molar-refractivity contribution in [2.24, 2.45) is 0 Å². The molecule has 3 nitrogen and oxygen atoms in total. The summed E-state index contributed by atoms with van der Waals surface area (Å²) in [5.41, 5.74) is 0.919. The lowest BCUT2D eigenvalue weighted by molar-refractivity contribution is 0.672. The van der Waals surface area contributed by atoms with Crippen molar-refractivity contribution in [2.75, 3.05) is 18.1 Å². The summed E-state index contributed by atoms with van der Waals surface area (Å²) in [4.78, 5) is 4.46. The number of aromatic nitrogens is 1. The van der Waals surface area contributed by atoms with Crippen molar-refractivity contribution >= 4 is 49.1 Å². The molecule has 0 saturated carbocycles. The fourth-order valence-electron chi connectivity index (χ4n) is 1.52. The predicted octanol–water partition coefficient (Wildman–Crippen LogP) is 3.52. The van der Waals surface area contributed by atoms with Crippen LogP contribution in [0.1, 0.15) is 13.3 Å². The van der Waals surface area contributed by atoms with Crippen LogP contribution in [0.3, 0.4) is 0 Å². The summed E-state index contributed by atoms with van der Waals surface area (Å²) >= 11 is 7.53. The fourth-order valence-corrected chi connectivity index (χ4v) is 3.01. The number of thiazole rings is 1. The van der Waals surface area contributed by atoms with Gasteiger partial charge in [-0.15, -0.1) is 0 Å². The summed E-state index contributed by atoms with van der Waals surface area (Å²) in [7, 11) is -0.760. The lowest BCUT2D eigenvalue weighted by atomic mass is 10.3. The van der Waals surface area contributed by atoms with E-state index in [-0.39, 0.29) is 5.25 Å². The van der Waals surface area contributed by atoms with Crippen LogP contribution in [0.4, 0.5) is 5.13 Å². The number of rotatable bonds is 5. The molecular formula is C12H15ClN2OS2. The number of hydrogen-bond donors (Lipinski definition) is 1. The van der Waals surface area contributed by atoms with Crippen LogP contribution in [0.15, 0.2) is 18.2 Å². The van der Waals surface area contributed by atoms with E-state index in [1.165, 1.54) is 0 Å². The average Bonchev–Trinajstić information content (AvgIpc) is 2.70. The van der Waals surface area contributed by atoms with Crippen molar-refractivity contribution < 1.29 is 4.21 Å². The van der Waals surface area contributed by atoms with E-state index < -0.39 is 10.8 Å². The van der Waals surface area contributed by atoms with Crippen molar-refractivity contribution in [3.8, 4) is 0 Å². The number of fused-ring (bicyclic) bond motifs is 1. The predicted molar refractivity (Wildman–Crippen MR) is 81.3 cm³/mol. The Morgan fingerprint density at radius 1 is 1.56 bits per heavy atom. The molecule has 1 aromatic carbocycles. The molecule has 0 amide bonds. The van der Waals surface area contributed by atoms with E-state index in [1.54, 1.807) is 17.6 Å². The second kappa shape index (κ2) is 5.99. The Morgan fingerprint density at radius 2 is 2.33 bits per heavy atom. The molecule has 2 atom stereocenters. The molecule has 0 saturated heterocycles. The van der Waals surface area contributed by atoms with Gasteiger partial charge in [0, 0.05) is 33.9 Å². The molecule has 0 aliphatic rings. The first-order chi connectivity index (χ1) is 8.56. The van der Waals surface area contributed by atoms with E-state index in [0.29, 0.717) is 5.02 Å². The van der Waals surface area contributed by atoms with Crippen molar-refractivity contribution in [1.82, 2.24) is 4.98 Å². The minimum Gasteiger partial charge on any atom is -0.361 e. The van der Waals surface area contributed by atoms with Gasteiger partial charge in [0.15, 0.2) is 5.13 Å². The number of halogens is 1. The maximum absolute atomic E-state index is 11.2. The Hall–Kier alpha value is -0.650. The monoisotopic (exact) mass is 302 g/mol. The number of nitrogens with one attached hydrogen (secondary N) is 1. The number of anilines is 1. The lowest BCUT2D eigenvalue weighted by Gasteiger charge is -2.07. The molecule has 18 heavy (non-hydrogen) atoms. The van der Waals surface area contributed by atoms with Gasteiger partial charge in [0.1, 0.15) is 0 Å². The van der Waals surface area contributed by atoms with E-state index in [1.807, 2.05) is 25.1 Å². The largest absolute Gasteiger partial charge is 0.361 e. The highest BCUT2D eigenvalue weighted by Gasteiger charge is 2.07. The van der Waals surface area contributed by atoms with Crippen LogP contribution >= 0.6 is 22.9 Å². The Kier molecular flexibility index (Phi) is 4.59. The van der Waals surface area contributed by atoms with Gasteiger partial charge in [-0.25, -0.2) is 4.98 Å². The van der Waals surface area contributed by atoms with Gasteiger partial charge in [0.2, 0.25) is 0 Å². The van der Waals surface area contributed by atoms with Crippen LogP contribution in [0.2, 0.25) is 5.02 Å². The molecule has 6 heteroatoms. The fraction of sp³-hybridized carbons (Fsp3) is 0.417. The number of hydrogen-bond acceptors (Lipinski definition) is 4. The molecule has 1 aromatic heterocycles. The van der Waals surface area contributed by atoms with E-state index in [4.69, 9.17) is 11.6 Å². The van der Waals surface area contributed by atoms with Crippen LogP contribution in [0.25, 0.3) is 10.2 Å². The van der Waals surface area contributed by atoms with Gasteiger partial charge in [-0.2, -0.15) is 0 Å². The normalized spacial score (nSPS) is 14.6. The summed E-state index contributed by atoms with van der Waals surface area (Å²) in [5.74, 6) is 0. The molecule has 0 bridgehead atoms. The zero-order valence-corrected chi connectivity index (χ0v) is 12.7. The van der Waals surface area contributed by atoms with Gasteiger partial charge in [0.25, 0.3) is 0 Å². The summed E-state index contributed by atoms with van der Waals surface area (Å²) < 4.78 is 12.3. The van der Waals surface area contributed by atoms with Gasteiger partial charge in [-0.05, 0) is 24.6 Å². The van der Waals surface area contributed by atoms with Crippen LogP contribution in [0.5, 0.6) is 0 Å². The summed E-state index contributed by atoms with van der Waals surface area (Å²) in [6.07, 6.45) is 2.62. The molecule has 0 spiro atoms. The van der Waals surface area contributed by atoms with Crippen LogP contribution in [-0.4, -0.2) is 27.2 Å². The van der Waals surface area contributed by atoms with Crippen LogP contribution < -0.4 is 5.32 Å². The third-order valence-electron chi connectivity index (χ3n) is 2.74. The first-order valence-electron chi connectivity index (χ1n) is 5.68. The zero-order valence-electron chi connectivity index (χ0n) is 10.3. The topological polar surface area (TPSA) is 42.0 Å². The molecule has 2 unspecified atom stereocenters. The van der Waals surface area contributed by atoms with Crippen LogP contribution in [0, 0.1) is 0 Å². The zero-order chi connectivity index (χ0) is 13.1. The van der Waals surface area contributed by atoms with Crippen molar-refractivity contribution in [2.45, 2.75) is 18.6 Å². The average molecular weight is 303 g/mol. The molecule has 2 rings (SSSR count). The molecule has 0 fully saturated rings. The quantitative estimate of drug-likeness (QED) is 0.919. The molecule has 0 aliphatic heterocycles.